The monoisotopic (exact) mass is 233 g/mol. The van der Waals surface area contributed by atoms with E-state index in [1.807, 2.05) is 35.0 Å². The van der Waals surface area contributed by atoms with Crippen molar-refractivity contribution in [3.05, 3.63) is 36.3 Å². The molecule has 0 aromatic carbocycles. The van der Waals surface area contributed by atoms with Crippen molar-refractivity contribution in [2.75, 3.05) is 7.11 Å². The Hall–Kier alpha value is -1.88. The molecule has 0 spiro atoms. The van der Waals surface area contributed by atoms with Gasteiger partial charge in [-0.05, 0) is 18.6 Å². The van der Waals surface area contributed by atoms with Gasteiger partial charge in [0.1, 0.15) is 5.65 Å². The van der Waals surface area contributed by atoms with Crippen LogP contribution >= 0.6 is 0 Å². The first-order valence-corrected chi connectivity index (χ1v) is 5.46. The van der Waals surface area contributed by atoms with E-state index in [2.05, 4.69) is 9.72 Å². The third-order valence-corrected chi connectivity index (χ3v) is 2.65. The number of nitrogens with two attached hydrogens (primary N) is 1. The fourth-order valence-corrected chi connectivity index (χ4v) is 1.66. The van der Waals surface area contributed by atoms with Crippen molar-refractivity contribution in [2.24, 2.45) is 5.73 Å². The van der Waals surface area contributed by atoms with E-state index in [0.717, 1.165) is 11.3 Å². The average molecular weight is 233 g/mol. The second-order valence-electron chi connectivity index (χ2n) is 3.85. The van der Waals surface area contributed by atoms with E-state index >= 15 is 0 Å². The Bertz CT molecular complexity index is 488. The number of aromatic nitrogens is 2. The van der Waals surface area contributed by atoms with Crippen molar-refractivity contribution in [3.63, 3.8) is 0 Å². The number of ether oxygens (including phenoxy) is 1. The number of esters is 1. The van der Waals surface area contributed by atoms with Gasteiger partial charge in [-0.2, -0.15) is 0 Å². The van der Waals surface area contributed by atoms with Gasteiger partial charge in [0.2, 0.25) is 0 Å². The lowest BCUT2D eigenvalue weighted by Gasteiger charge is -2.06. The molecule has 0 radical (unpaired) electrons. The first-order valence-electron chi connectivity index (χ1n) is 5.46. The fraction of sp³-hybridized carbons (Fsp3) is 0.333. The van der Waals surface area contributed by atoms with Crippen LogP contribution in [0.15, 0.2) is 30.6 Å². The van der Waals surface area contributed by atoms with Gasteiger partial charge < -0.3 is 14.9 Å². The SMILES string of the molecule is COC(=O)CCC(N)c1cn2ccccc2n1. The summed E-state index contributed by atoms with van der Waals surface area (Å²) >= 11 is 0. The number of rotatable bonds is 4. The summed E-state index contributed by atoms with van der Waals surface area (Å²) in [4.78, 5) is 15.4. The molecule has 1 atom stereocenters. The third kappa shape index (κ3) is 2.62. The van der Waals surface area contributed by atoms with Crippen LogP contribution in [0.25, 0.3) is 5.65 Å². The van der Waals surface area contributed by atoms with Crippen LogP contribution in [0, 0.1) is 0 Å². The molecule has 1 unspecified atom stereocenters. The normalized spacial score (nSPS) is 12.6. The Balaban J connectivity index is 2.08. The van der Waals surface area contributed by atoms with Gasteiger partial charge in [-0.1, -0.05) is 6.07 Å². The Morgan fingerprint density at radius 1 is 1.59 bits per heavy atom. The highest BCUT2D eigenvalue weighted by Gasteiger charge is 2.12. The summed E-state index contributed by atoms with van der Waals surface area (Å²) in [6.07, 6.45) is 4.65. The summed E-state index contributed by atoms with van der Waals surface area (Å²) < 4.78 is 6.49. The molecule has 0 fully saturated rings. The number of hydrogen-bond acceptors (Lipinski definition) is 4. The van der Waals surface area contributed by atoms with Crippen LogP contribution in [0.5, 0.6) is 0 Å². The fourth-order valence-electron chi connectivity index (χ4n) is 1.66. The maximum absolute atomic E-state index is 11.0. The summed E-state index contributed by atoms with van der Waals surface area (Å²) in [7, 11) is 1.37. The van der Waals surface area contributed by atoms with Gasteiger partial charge in [0, 0.05) is 24.9 Å². The zero-order valence-corrected chi connectivity index (χ0v) is 9.67. The molecule has 0 aliphatic carbocycles. The number of methoxy groups -OCH3 is 1. The van der Waals surface area contributed by atoms with E-state index in [0.29, 0.717) is 12.8 Å². The number of carbonyl (C=O) groups excluding carboxylic acids is 1. The predicted octanol–water partition coefficient (Wildman–Crippen LogP) is 1.29. The molecule has 5 heteroatoms. The average Bonchev–Trinajstić information content (AvgIpc) is 2.79. The minimum absolute atomic E-state index is 0.242. The molecule has 2 aromatic heterocycles. The van der Waals surface area contributed by atoms with Crippen LogP contribution in [0.2, 0.25) is 0 Å². The third-order valence-electron chi connectivity index (χ3n) is 2.65. The molecule has 2 N–H and O–H groups in total. The molecule has 0 amide bonds. The van der Waals surface area contributed by atoms with Crippen LogP contribution < -0.4 is 5.73 Å². The lowest BCUT2D eigenvalue weighted by Crippen LogP contribution is -2.13. The minimum atomic E-state index is -0.246. The van der Waals surface area contributed by atoms with Crippen LogP contribution in [0.1, 0.15) is 24.6 Å². The van der Waals surface area contributed by atoms with E-state index in [-0.39, 0.29) is 12.0 Å². The second-order valence-corrected chi connectivity index (χ2v) is 3.85. The van der Waals surface area contributed by atoms with Crippen LogP contribution in [0.3, 0.4) is 0 Å². The van der Waals surface area contributed by atoms with Gasteiger partial charge >= 0.3 is 5.97 Å². The standard InChI is InChI=1S/C12H15N3O2/c1-17-12(16)6-5-9(13)10-8-15-7-3-2-4-11(15)14-10/h2-4,7-9H,5-6,13H2,1H3. The highest BCUT2D eigenvalue weighted by Crippen LogP contribution is 2.16. The number of nitrogens with zero attached hydrogens (tertiary/aromatic N) is 2. The van der Waals surface area contributed by atoms with E-state index in [4.69, 9.17) is 5.73 Å². The van der Waals surface area contributed by atoms with Gasteiger partial charge in [-0.15, -0.1) is 0 Å². The smallest absolute Gasteiger partial charge is 0.305 e. The molecule has 2 rings (SSSR count). The number of pyridine rings is 1. The molecule has 17 heavy (non-hydrogen) atoms. The largest absolute Gasteiger partial charge is 0.469 e. The van der Waals surface area contributed by atoms with Gasteiger partial charge in [-0.3, -0.25) is 4.79 Å². The van der Waals surface area contributed by atoms with Crippen LogP contribution in [-0.2, 0) is 9.53 Å². The van der Waals surface area contributed by atoms with Gasteiger partial charge in [0.25, 0.3) is 0 Å². The predicted molar refractivity (Wildman–Crippen MR) is 63.4 cm³/mol. The molecule has 0 bridgehead atoms. The summed E-state index contributed by atoms with van der Waals surface area (Å²) in [6, 6.07) is 5.52. The van der Waals surface area contributed by atoms with Crippen molar-refractivity contribution < 1.29 is 9.53 Å². The van der Waals surface area contributed by atoms with Gasteiger partial charge in [0.15, 0.2) is 0 Å². The minimum Gasteiger partial charge on any atom is -0.469 e. The van der Waals surface area contributed by atoms with Gasteiger partial charge in [-0.25, -0.2) is 4.98 Å². The van der Waals surface area contributed by atoms with E-state index in [9.17, 15) is 4.79 Å². The lowest BCUT2D eigenvalue weighted by atomic mass is 10.1. The Morgan fingerprint density at radius 3 is 3.12 bits per heavy atom. The summed E-state index contributed by atoms with van der Waals surface area (Å²) in [5.41, 5.74) is 7.63. The first-order chi connectivity index (χ1) is 8.20. The van der Waals surface area contributed by atoms with Crippen molar-refractivity contribution in [1.82, 2.24) is 9.38 Å². The molecule has 0 aliphatic heterocycles. The molecular formula is C12H15N3O2. The maximum atomic E-state index is 11.0. The molecule has 0 aliphatic rings. The van der Waals surface area contributed by atoms with Crippen molar-refractivity contribution in [1.29, 1.82) is 0 Å². The molecule has 0 saturated carbocycles. The maximum Gasteiger partial charge on any atom is 0.305 e. The topological polar surface area (TPSA) is 69.6 Å². The second kappa shape index (κ2) is 4.97. The van der Waals surface area contributed by atoms with E-state index in [1.54, 1.807) is 0 Å². The summed E-state index contributed by atoms with van der Waals surface area (Å²) in [5, 5.41) is 0. The van der Waals surface area contributed by atoms with Crippen molar-refractivity contribution in [2.45, 2.75) is 18.9 Å². The quantitative estimate of drug-likeness (QED) is 0.808. The Kier molecular flexibility index (Phi) is 3.39. The highest BCUT2D eigenvalue weighted by atomic mass is 16.5. The molecule has 5 nitrogen and oxygen atoms in total. The number of carbonyl (C=O) groups is 1. The van der Waals surface area contributed by atoms with Crippen LogP contribution in [0.4, 0.5) is 0 Å². The van der Waals surface area contributed by atoms with Crippen LogP contribution in [-0.4, -0.2) is 22.5 Å². The van der Waals surface area contributed by atoms with E-state index < -0.39 is 0 Å². The number of imidazole rings is 1. The molecule has 2 heterocycles. The Morgan fingerprint density at radius 2 is 2.41 bits per heavy atom. The zero-order valence-electron chi connectivity index (χ0n) is 9.67. The molecule has 90 valence electrons. The first kappa shape index (κ1) is 11.6. The van der Waals surface area contributed by atoms with E-state index in [1.165, 1.54) is 7.11 Å². The number of hydrogen-bond donors (Lipinski definition) is 1. The molecule has 2 aromatic rings. The summed E-state index contributed by atoms with van der Waals surface area (Å²) in [6.45, 7) is 0. The Labute approximate surface area is 99.2 Å². The molecule has 0 saturated heterocycles. The lowest BCUT2D eigenvalue weighted by molar-refractivity contribution is -0.140. The molecular weight excluding hydrogens is 218 g/mol. The van der Waals surface area contributed by atoms with Crippen molar-refractivity contribution >= 4 is 11.6 Å². The number of fused-ring (bicyclic) bond motifs is 1. The highest BCUT2D eigenvalue weighted by molar-refractivity contribution is 5.69. The zero-order chi connectivity index (χ0) is 12.3. The van der Waals surface area contributed by atoms with Crippen molar-refractivity contribution in [3.8, 4) is 0 Å². The van der Waals surface area contributed by atoms with Gasteiger partial charge in [0.05, 0.1) is 12.8 Å². The summed E-state index contributed by atoms with van der Waals surface area (Å²) in [5.74, 6) is -0.246.